The van der Waals surface area contributed by atoms with Gasteiger partial charge in [0.25, 0.3) is 0 Å². The fourth-order valence-corrected chi connectivity index (χ4v) is 5.43. The molecule has 0 unspecified atom stereocenters. The van der Waals surface area contributed by atoms with Crippen LogP contribution in [0.2, 0.25) is 0 Å². The molecular formula is C27H40N6S. The zero-order valence-corrected chi connectivity index (χ0v) is 21.6. The Morgan fingerprint density at radius 2 is 1.59 bits per heavy atom. The van der Waals surface area contributed by atoms with Crippen molar-refractivity contribution >= 4 is 34.9 Å². The summed E-state index contributed by atoms with van der Waals surface area (Å²) in [5.41, 5.74) is 1.35. The van der Waals surface area contributed by atoms with Crippen molar-refractivity contribution in [2.45, 2.75) is 58.8 Å². The molecule has 1 aromatic heterocycles. The minimum atomic E-state index is 0.590. The topological polar surface area (TPSA) is 56.3 Å². The summed E-state index contributed by atoms with van der Waals surface area (Å²) in [5, 5.41) is 7.21. The number of thiocarbonyl (C=S) groups is 1. The highest BCUT2D eigenvalue weighted by atomic mass is 32.1. The summed E-state index contributed by atoms with van der Waals surface area (Å²) >= 11 is 5.60. The van der Waals surface area contributed by atoms with Crippen LogP contribution in [0.1, 0.15) is 57.9 Å². The molecule has 2 aliphatic rings. The van der Waals surface area contributed by atoms with Gasteiger partial charge in [0.1, 0.15) is 11.6 Å². The van der Waals surface area contributed by atoms with E-state index in [0.29, 0.717) is 22.9 Å². The third-order valence-electron chi connectivity index (χ3n) is 6.82. The maximum atomic E-state index is 5.60. The first-order valence-corrected chi connectivity index (χ1v) is 13.5. The monoisotopic (exact) mass is 480 g/mol. The Morgan fingerprint density at radius 3 is 2.26 bits per heavy atom. The molecule has 3 heterocycles. The van der Waals surface area contributed by atoms with Crippen molar-refractivity contribution < 1.29 is 0 Å². The summed E-state index contributed by atoms with van der Waals surface area (Å²) in [6, 6.07) is 12.8. The van der Waals surface area contributed by atoms with Crippen molar-refractivity contribution in [3.63, 3.8) is 0 Å². The van der Waals surface area contributed by atoms with Crippen LogP contribution in [0.4, 0.5) is 17.6 Å². The van der Waals surface area contributed by atoms with Gasteiger partial charge in [-0.05, 0) is 61.7 Å². The molecule has 2 N–H and O–H groups in total. The quantitative estimate of drug-likeness (QED) is 0.414. The third kappa shape index (κ3) is 7.29. The molecule has 4 rings (SSSR count). The molecular weight excluding hydrogens is 440 g/mol. The van der Waals surface area contributed by atoms with Crippen LogP contribution in [0.15, 0.2) is 36.4 Å². The van der Waals surface area contributed by atoms with E-state index in [4.69, 9.17) is 22.2 Å². The number of piperidine rings is 1. The number of nitrogens with one attached hydrogen (secondary N) is 2. The molecule has 0 amide bonds. The van der Waals surface area contributed by atoms with Gasteiger partial charge >= 0.3 is 0 Å². The van der Waals surface area contributed by atoms with Gasteiger partial charge in [0.15, 0.2) is 5.11 Å². The third-order valence-corrected chi connectivity index (χ3v) is 7.06. The van der Waals surface area contributed by atoms with Crippen LogP contribution in [-0.4, -0.2) is 47.8 Å². The van der Waals surface area contributed by atoms with E-state index in [1.807, 2.05) is 0 Å². The molecule has 0 radical (unpaired) electrons. The van der Waals surface area contributed by atoms with Crippen molar-refractivity contribution in [3.8, 4) is 0 Å². The second-order valence-corrected chi connectivity index (χ2v) is 10.5. The summed E-state index contributed by atoms with van der Waals surface area (Å²) in [5.74, 6) is 3.98. The van der Waals surface area contributed by atoms with Gasteiger partial charge in [0, 0.05) is 38.8 Å². The first kappa shape index (κ1) is 24.7. The van der Waals surface area contributed by atoms with E-state index in [1.54, 1.807) is 0 Å². The summed E-state index contributed by atoms with van der Waals surface area (Å²) in [7, 11) is 0. The zero-order valence-electron chi connectivity index (χ0n) is 20.8. The molecule has 34 heavy (non-hydrogen) atoms. The minimum absolute atomic E-state index is 0.590. The number of aromatic nitrogens is 2. The smallest absolute Gasteiger partial charge is 0.232 e. The Kier molecular flexibility index (Phi) is 8.97. The average molecular weight is 481 g/mol. The molecule has 6 nitrogen and oxygen atoms in total. The number of hydrogen-bond acceptors (Lipinski definition) is 5. The molecule has 1 aromatic carbocycles. The fourth-order valence-electron chi connectivity index (χ4n) is 5.24. The maximum absolute atomic E-state index is 5.60. The average Bonchev–Trinajstić information content (AvgIpc) is 3.11. The summed E-state index contributed by atoms with van der Waals surface area (Å²) in [6.07, 6.45) is 8.39. The molecule has 0 saturated carbocycles. The van der Waals surface area contributed by atoms with Crippen molar-refractivity contribution in [3.05, 3.63) is 42.0 Å². The van der Waals surface area contributed by atoms with Gasteiger partial charge in [-0.3, -0.25) is 0 Å². The first-order chi connectivity index (χ1) is 16.6. The fraction of sp³-hybridized carbons (Fsp3) is 0.593. The summed E-state index contributed by atoms with van der Waals surface area (Å²) in [6.45, 7) is 9.71. The number of hydrogen-bond donors (Lipinski definition) is 2. The predicted octanol–water partition coefficient (Wildman–Crippen LogP) is 5.26. The number of rotatable bonds is 7. The number of benzene rings is 1. The van der Waals surface area contributed by atoms with E-state index in [2.05, 4.69) is 70.7 Å². The lowest BCUT2D eigenvalue weighted by atomic mass is 9.92. The Hall–Kier alpha value is -2.41. The Bertz CT molecular complexity index is 903. The highest BCUT2D eigenvalue weighted by molar-refractivity contribution is 7.80. The van der Waals surface area contributed by atoms with Crippen LogP contribution in [0.25, 0.3) is 0 Å². The van der Waals surface area contributed by atoms with Crippen LogP contribution in [0, 0.1) is 11.8 Å². The van der Waals surface area contributed by atoms with Gasteiger partial charge in [-0.25, -0.2) is 0 Å². The first-order valence-electron chi connectivity index (χ1n) is 13.0. The molecule has 7 heteroatoms. The zero-order chi connectivity index (χ0) is 23.8. The minimum Gasteiger partial charge on any atom is -0.362 e. The SMILES string of the molecule is C[C@@H]1C[C@H](C)CN(c2cc(N3CCCCCC3)nc(NC(=S)NCCCc3ccccc3)n2)C1. The van der Waals surface area contributed by atoms with E-state index in [0.717, 1.165) is 57.2 Å². The van der Waals surface area contributed by atoms with Crippen molar-refractivity contribution in [2.75, 3.05) is 47.8 Å². The number of anilines is 3. The highest BCUT2D eigenvalue weighted by Gasteiger charge is 2.24. The van der Waals surface area contributed by atoms with Gasteiger partial charge in [-0.1, -0.05) is 57.0 Å². The van der Waals surface area contributed by atoms with Crippen molar-refractivity contribution in [1.29, 1.82) is 0 Å². The molecule has 184 valence electrons. The molecule has 2 aliphatic heterocycles. The Balaban J connectivity index is 1.43. The molecule has 2 saturated heterocycles. The highest BCUT2D eigenvalue weighted by Crippen LogP contribution is 2.29. The van der Waals surface area contributed by atoms with E-state index < -0.39 is 0 Å². The van der Waals surface area contributed by atoms with Crippen molar-refractivity contribution in [2.24, 2.45) is 11.8 Å². The van der Waals surface area contributed by atoms with Gasteiger partial charge in [0.05, 0.1) is 0 Å². The molecule has 2 aromatic rings. The standard InChI is InChI=1S/C27H40N6S/c1-21-17-22(2)20-33(19-21)25-18-24(32-15-8-3-4-9-16-32)29-26(30-25)31-27(34)28-14-10-13-23-11-6-5-7-12-23/h5-7,11-12,18,21-22H,3-4,8-10,13-17,19-20H2,1-2H3,(H2,28,29,30,31,34)/t21-,22+. The van der Waals surface area contributed by atoms with Gasteiger partial charge in [-0.15, -0.1) is 0 Å². The largest absolute Gasteiger partial charge is 0.362 e. The lowest BCUT2D eigenvalue weighted by molar-refractivity contribution is 0.355. The molecule has 2 fully saturated rings. The lowest BCUT2D eigenvalue weighted by Gasteiger charge is -2.36. The van der Waals surface area contributed by atoms with Crippen molar-refractivity contribution in [1.82, 2.24) is 15.3 Å². The summed E-state index contributed by atoms with van der Waals surface area (Å²) < 4.78 is 0. The normalized spacial score (nSPS) is 21.1. The number of aryl methyl sites for hydroxylation is 1. The predicted molar refractivity (Wildman–Crippen MR) is 147 cm³/mol. The van der Waals surface area contributed by atoms with Gasteiger partial charge in [0.2, 0.25) is 5.95 Å². The molecule has 2 atom stereocenters. The maximum Gasteiger partial charge on any atom is 0.232 e. The number of nitrogens with zero attached hydrogens (tertiary/aromatic N) is 4. The van der Waals surface area contributed by atoms with Crippen LogP contribution >= 0.6 is 12.2 Å². The second-order valence-electron chi connectivity index (χ2n) is 10.1. The summed E-state index contributed by atoms with van der Waals surface area (Å²) in [4.78, 5) is 14.7. The molecule has 0 bridgehead atoms. The Labute approximate surface area is 210 Å². The molecule has 0 aliphatic carbocycles. The van der Waals surface area contributed by atoms with Gasteiger partial charge < -0.3 is 20.4 Å². The van der Waals surface area contributed by atoms with E-state index in [9.17, 15) is 0 Å². The molecule has 0 spiro atoms. The Morgan fingerprint density at radius 1 is 0.941 bits per heavy atom. The van der Waals surface area contributed by atoms with Gasteiger partial charge in [-0.2, -0.15) is 9.97 Å². The van der Waals surface area contributed by atoms with Crippen LogP contribution < -0.4 is 20.4 Å². The van der Waals surface area contributed by atoms with Crippen LogP contribution in [0.5, 0.6) is 0 Å². The van der Waals surface area contributed by atoms with E-state index in [1.165, 1.54) is 37.7 Å². The van der Waals surface area contributed by atoms with E-state index in [-0.39, 0.29) is 0 Å². The van der Waals surface area contributed by atoms with Crippen LogP contribution in [0.3, 0.4) is 0 Å². The lowest BCUT2D eigenvalue weighted by Crippen LogP contribution is -2.39. The van der Waals surface area contributed by atoms with Crippen LogP contribution in [-0.2, 0) is 6.42 Å². The second kappa shape index (κ2) is 12.3. The van der Waals surface area contributed by atoms with E-state index >= 15 is 0 Å².